The fourth-order valence-electron chi connectivity index (χ4n) is 5.80. The molecule has 0 amide bonds. The number of hydrogen-bond acceptors (Lipinski definition) is 2. The molecule has 1 aromatic carbocycles. The van der Waals surface area contributed by atoms with Gasteiger partial charge < -0.3 is 4.57 Å². The summed E-state index contributed by atoms with van der Waals surface area (Å²) in [4.78, 5) is 0. The van der Waals surface area contributed by atoms with Gasteiger partial charge in [0.25, 0.3) is 0 Å². The van der Waals surface area contributed by atoms with Gasteiger partial charge >= 0.3 is 0 Å². The lowest BCUT2D eigenvalue weighted by molar-refractivity contribution is 0.0250. The molecule has 146 valence electrons. The van der Waals surface area contributed by atoms with Crippen LogP contribution in [0.3, 0.4) is 0 Å². The van der Waals surface area contributed by atoms with E-state index in [-0.39, 0.29) is 5.41 Å². The van der Waals surface area contributed by atoms with E-state index in [1.807, 2.05) is 0 Å². The number of nitrogens with zero attached hydrogens (tertiary/aromatic N) is 3. The molecule has 3 nitrogen and oxygen atoms in total. The summed E-state index contributed by atoms with van der Waals surface area (Å²) in [6.45, 7) is 4.53. The molecule has 1 heterocycles. The summed E-state index contributed by atoms with van der Waals surface area (Å²) in [5.41, 5.74) is 3.53. The van der Waals surface area contributed by atoms with Crippen LogP contribution in [-0.2, 0) is 18.9 Å². The van der Waals surface area contributed by atoms with E-state index < -0.39 is 0 Å². The molecule has 3 saturated carbocycles. The van der Waals surface area contributed by atoms with Gasteiger partial charge in [-0.25, -0.2) is 0 Å². The third kappa shape index (κ3) is 3.23. The van der Waals surface area contributed by atoms with E-state index in [1.165, 1.54) is 81.2 Å². The van der Waals surface area contributed by atoms with Gasteiger partial charge in [-0.05, 0) is 62.3 Å². The molecule has 0 unspecified atom stereocenters. The summed E-state index contributed by atoms with van der Waals surface area (Å²) in [6.07, 6.45) is 14.7. The third-order valence-electron chi connectivity index (χ3n) is 7.70. The van der Waals surface area contributed by atoms with Crippen LogP contribution in [0.4, 0.5) is 0 Å². The molecular formula is C24H35N3. The van der Waals surface area contributed by atoms with E-state index in [0.717, 1.165) is 12.2 Å². The first-order valence-electron chi connectivity index (χ1n) is 11.1. The average Bonchev–Trinajstić information content (AvgIpc) is 3.11. The molecule has 2 aromatic rings. The number of fused-ring (bicyclic) bond motifs is 3. The molecule has 3 fully saturated rings. The molecule has 27 heavy (non-hydrogen) atoms. The topological polar surface area (TPSA) is 30.7 Å². The molecule has 0 spiro atoms. The summed E-state index contributed by atoms with van der Waals surface area (Å²) in [7, 11) is 2.18. The maximum absolute atomic E-state index is 4.77. The first-order valence-corrected chi connectivity index (χ1v) is 11.1. The van der Waals surface area contributed by atoms with Crippen LogP contribution in [0.1, 0.15) is 89.4 Å². The van der Waals surface area contributed by atoms with Crippen molar-refractivity contribution < 1.29 is 0 Å². The van der Waals surface area contributed by atoms with Crippen molar-refractivity contribution in [2.75, 3.05) is 0 Å². The molecule has 0 radical (unpaired) electrons. The number of aryl methyl sites for hydroxylation is 1. The normalized spacial score (nSPS) is 27.2. The van der Waals surface area contributed by atoms with Crippen molar-refractivity contribution in [3.8, 4) is 11.4 Å². The fourth-order valence-corrected chi connectivity index (χ4v) is 5.80. The monoisotopic (exact) mass is 365 g/mol. The van der Waals surface area contributed by atoms with Crippen LogP contribution in [0.2, 0.25) is 0 Å². The minimum Gasteiger partial charge on any atom is -0.314 e. The Morgan fingerprint density at radius 3 is 2.30 bits per heavy atom. The summed E-state index contributed by atoms with van der Waals surface area (Å²) < 4.78 is 2.31. The molecule has 0 N–H and O–H groups in total. The van der Waals surface area contributed by atoms with Gasteiger partial charge in [0, 0.05) is 18.0 Å². The predicted octanol–water partition coefficient (Wildman–Crippen LogP) is 6.22. The van der Waals surface area contributed by atoms with E-state index >= 15 is 0 Å². The molecule has 2 bridgehead atoms. The minimum absolute atomic E-state index is 0.271. The smallest absolute Gasteiger partial charge is 0.163 e. The van der Waals surface area contributed by atoms with Crippen LogP contribution in [0.15, 0.2) is 24.3 Å². The highest BCUT2D eigenvalue weighted by Gasteiger charge is 2.51. The number of hydrogen-bond donors (Lipinski definition) is 0. The summed E-state index contributed by atoms with van der Waals surface area (Å²) in [5.74, 6) is 2.28. The Bertz CT molecular complexity index is 764. The second-order valence-electron chi connectivity index (χ2n) is 9.15. The van der Waals surface area contributed by atoms with Gasteiger partial charge in [-0.15, -0.1) is 10.2 Å². The molecule has 0 aliphatic heterocycles. The Morgan fingerprint density at radius 2 is 1.63 bits per heavy atom. The molecule has 3 aliphatic rings. The van der Waals surface area contributed by atoms with Crippen molar-refractivity contribution in [1.29, 1.82) is 0 Å². The van der Waals surface area contributed by atoms with E-state index in [1.54, 1.807) is 0 Å². The van der Waals surface area contributed by atoms with Crippen molar-refractivity contribution >= 4 is 0 Å². The number of unbranched alkanes of at least 4 members (excludes halogenated alkanes) is 2. The zero-order valence-electron chi connectivity index (χ0n) is 17.4. The van der Waals surface area contributed by atoms with Gasteiger partial charge in [-0.1, -0.05) is 57.4 Å². The van der Waals surface area contributed by atoms with Crippen molar-refractivity contribution in [3.63, 3.8) is 0 Å². The predicted molar refractivity (Wildman–Crippen MR) is 112 cm³/mol. The van der Waals surface area contributed by atoms with Crippen LogP contribution in [0.25, 0.3) is 11.4 Å². The van der Waals surface area contributed by atoms with Crippen molar-refractivity contribution in [1.82, 2.24) is 14.8 Å². The van der Waals surface area contributed by atoms with E-state index in [2.05, 4.69) is 54.8 Å². The van der Waals surface area contributed by atoms with Gasteiger partial charge in [0.15, 0.2) is 5.82 Å². The molecule has 5 rings (SSSR count). The van der Waals surface area contributed by atoms with Crippen molar-refractivity contribution in [2.24, 2.45) is 12.5 Å². The molecule has 1 aromatic heterocycles. The van der Waals surface area contributed by atoms with Crippen molar-refractivity contribution in [2.45, 2.75) is 89.9 Å². The molecule has 3 heteroatoms. The Labute approximate surface area is 164 Å². The fraction of sp³-hybridized carbons (Fsp3) is 0.667. The lowest BCUT2D eigenvalue weighted by atomic mass is 9.52. The SMILES string of the molecule is CCCCCC12CCC(c3nnc(-c4ccccc4CC)n3C)(CC1)CC2. The molecular weight excluding hydrogens is 330 g/mol. The maximum atomic E-state index is 4.77. The van der Waals surface area contributed by atoms with Crippen LogP contribution < -0.4 is 0 Å². The molecule has 3 aliphatic carbocycles. The van der Waals surface area contributed by atoms with Crippen molar-refractivity contribution in [3.05, 3.63) is 35.7 Å². The lowest BCUT2D eigenvalue weighted by Crippen LogP contribution is -2.45. The minimum atomic E-state index is 0.271. The van der Waals surface area contributed by atoms with E-state index in [4.69, 9.17) is 5.10 Å². The molecule has 0 saturated heterocycles. The number of benzene rings is 1. The highest BCUT2D eigenvalue weighted by atomic mass is 15.3. The van der Waals surface area contributed by atoms with Gasteiger partial charge in [0.2, 0.25) is 0 Å². The average molecular weight is 366 g/mol. The first kappa shape index (κ1) is 18.7. The highest BCUT2D eigenvalue weighted by Crippen LogP contribution is 2.59. The third-order valence-corrected chi connectivity index (χ3v) is 7.70. The highest BCUT2D eigenvalue weighted by molar-refractivity contribution is 5.60. The standard InChI is InChI=1S/C24H35N3/c1-4-6-9-12-23-13-16-24(17-14-23,18-15-23)22-26-25-21(27(22)3)20-11-8-7-10-19(20)5-2/h7-8,10-11H,4-6,9,12-18H2,1-3H3. The first-order chi connectivity index (χ1) is 13.1. The van der Waals surface area contributed by atoms with Gasteiger partial charge in [-0.2, -0.15) is 0 Å². The number of aromatic nitrogens is 3. The quantitative estimate of drug-likeness (QED) is 0.546. The second kappa shape index (κ2) is 7.41. The summed E-state index contributed by atoms with van der Waals surface area (Å²) >= 11 is 0. The van der Waals surface area contributed by atoms with Crippen LogP contribution in [0, 0.1) is 5.41 Å². The van der Waals surface area contributed by atoms with E-state index in [0.29, 0.717) is 5.41 Å². The molecule has 0 atom stereocenters. The maximum Gasteiger partial charge on any atom is 0.163 e. The number of rotatable bonds is 7. The Kier molecular flexibility index (Phi) is 5.13. The lowest BCUT2D eigenvalue weighted by Gasteiger charge is -2.53. The van der Waals surface area contributed by atoms with Crippen LogP contribution >= 0.6 is 0 Å². The second-order valence-corrected chi connectivity index (χ2v) is 9.15. The zero-order valence-corrected chi connectivity index (χ0v) is 17.4. The zero-order chi connectivity index (χ0) is 18.9. The van der Waals surface area contributed by atoms with Gasteiger partial charge in [0.05, 0.1) is 0 Å². The van der Waals surface area contributed by atoms with Crippen LogP contribution in [-0.4, -0.2) is 14.8 Å². The Hall–Kier alpha value is -1.64. The Balaban J connectivity index is 1.57. The largest absolute Gasteiger partial charge is 0.314 e. The van der Waals surface area contributed by atoms with Gasteiger partial charge in [-0.3, -0.25) is 0 Å². The van der Waals surface area contributed by atoms with Crippen LogP contribution in [0.5, 0.6) is 0 Å². The summed E-state index contributed by atoms with van der Waals surface area (Å²) in [6, 6.07) is 8.66. The van der Waals surface area contributed by atoms with Gasteiger partial charge in [0.1, 0.15) is 5.82 Å². The Morgan fingerprint density at radius 1 is 0.926 bits per heavy atom. The summed E-state index contributed by atoms with van der Waals surface area (Å²) in [5, 5.41) is 9.44. The van der Waals surface area contributed by atoms with E-state index in [9.17, 15) is 0 Å².